The zero-order valence-corrected chi connectivity index (χ0v) is 17.2. The summed E-state index contributed by atoms with van der Waals surface area (Å²) in [6.45, 7) is 2.02. The number of esters is 1. The van der Waals surface area contributed by atoms with E-state index in [2.05, 4.69) is 0 Å². The Hall–Kier alpha value is -3.86. The van der Waals surface area contributed by atoms with Gasteiger partial charge in [-0.05, 0) is 42.2 Å². The minimum atomic E-state index is -0.346. The van der Waals surface area contributed by atoms with Crippen molar-refractivity contribution < 1.29 is 18.7 Å². The van der Waals surface area contributed by atoms with Gasteiger partial charge in [0, 0.05) is 12.5 Å². The fourth-order valence-electron chi connectivity index (χ4n) is 3.31. The number of ether oxygens (including phenoxy) is 2. The zero-order chi connectivity index (χ0) is 21.6. The molecule has 0 saturated carbocycles. The van der Waals surface area contributed by atoms with Gasteiger partial charge in [0.2, 0.25) is 11.2 Å². The Labute approximate surface area is 179 Å². The van der Waals surface area contributed by atoms with Gasteiger partial charge in [0.25, 0.3) is 0 Å². The third-order valence-corrected chi connectivity index (χ3v) is 4.98. The molecule has 0 aliphatic rings. The lowest BCUT2D eigenvalue weighted by atomic mass is 10.1. The van der Waals surface area contributed by atoms with Gasteiger partial charge in [0.05, 0.1) is 5.39 Å². The van der Waals surface area contributed by atoms with Crippen LogP contribution in [0, 0.1) is 0 Å². The first-order chi connectivity index (χ1) is 15.1. The summed E-state index contributed by atoms with van der Waals surface area (Å²) in [6, 6.07) is 22.0. The number of aryl methyl sites for hydroxylation is 2. The maximum Gasteiger partial charge on any atom is 0.311 e. The largest absolute Gasteiger partial charge is 0.460 e. The Morgan fingerprint density at radius 1 is 0.935 bits per heavy atom. The van der Waals surface area contributed by atoms with Crippen LogP contribution in [-0.2, 0) is 17.6 Å². The minimum absolute atomic E-state index is 0.112. The van der Waals surface area contributed by atoms with E-state index in [4.69, 9.17) is 13.9 Å². The van der Waals surface area contributed by atoms with Crippen molar-refractivity contribution in [1.82, 2.24) is 0 Å². The molecule has 1 aromatic heterocycles. The molecule has 4 aromatic rings. The van der Waals surface area contributed by atoms with Crippen LogP contribution in [0.3, 0.4) is 0 Å². The molecule has 31 heavy (non-hydrogen) atoms. The molecular formula is C26H22O5. The van der Waals surface area contributed by atoms with Crippen LogP contribution >= 0.6 is 0 Å². The van der Waals surface area contributed by atoms with Gasteiger partial charge in [-0.2, -0.15) is 0 Å². The smallest absolute Gasteiger partial charge is 0.311 e. The van der Waals surface area contributed by atoms with E-state index in [1.165, 1.54) is 6.26 Å². The Morgan fingerprint density at radius 2 is 1.71 bits per heavy atom. The maximum atomic E-state index is 12.8. The molecule has 5 nitrogen and oxygen atoms in total. The van der Waals surface area contributed by atoms with Crippen molar-refractivity contribution >= 4 is 16.9 Å². The number of benzene rings is 3. The highest BCUT2D eigenvalue weighted by Gasteiger charge is 2.13. The average Bonchev–Trinajstić information content (AvgIpc) is 2.80. The van der Waals surface area contributed by atoms with Gasteiger partial charge < -0.3 is 13.9 Å². The summed E-state index contributed by atoms with van der Waals surface area (Å²) in [6.07, 6.45) is 2.93. The molecular weight excluding hydrogens is 392 g/mol. The minimum Gasteiger partial charge on any atom is -0.460 e. The number of rotatable bonds is 7. The summed E-state index contributed by atoms with van der Waals surface area (Å²) in [5.41, 5.74) is 2.12. The first kappa shape index (κ1) is 20.4. The summed E-state index contributed by atoms with van der Waals surface area (Å²) < 4.78 is 16.8. The van der Waals surface area contributed by atoms with E-state index in [9.17, 15) is 9.59 Å². The fraction of sp³-hybridized carbons (Fsp3) is 0.154. The SMILES string of the molecule is CCc1ccccc1Oc1coc2cc(OC(=O)CCc3ccccc3)ccc2c1=O. The molecule has 156 valence electrons. The molecule has 0 unspecified atom stereocenters. The summed E-state index contributed by atoms with van der Waals surface area (Å²) in [5.74, 6) is 0.724. The van der Waals surface area contributed by atoms with Crippen molar-refractivity contribution in [2.45, 2.75) is 26.2 Å². The second-order valence-corrected chi connectivity index (χ2v) is 7.11. The molecule has 0 N–H and O–H groups in total. The Bertz CT molecular complexity index is 1260. The second-order valence-electron chi connectivity index (χ2n) is 7.11. The number of para-hydroxylation sites is 1. The third-order valence-electron chi connectivity index (χ3n) is 4.98. The van der Waals surface area contributed by atoms with Crippen molar-refractivity contribution in [2.75, 3.05) is 0 Å². The summed E-state index contributed by atoms with van der Waals surface area (Å²) in [4.78, 5) is 25.0. The number of hydrogen-bond donors (Lipinski definition) is 0. The van der Waals surface area contributed by atoms with E-state index < -0.39 is 0 Å². The lowest BCUT2D eigenvalue weighted by molar-refractivity contribution is -0.134. The molecule has 0 bridgehead atoms. The monoisotopic (exact) mass is 414 g/mol. The lowest BCUT2D eigenvalue weighted by Crippen LogP contribution is -2.09. The zero-order valence-electron chi connectivity index (χ0n) is 17.2. The van der Waals surface area contributed by atoms with E-state index >= 15 is 0 Å². The van der Waals surface area contributed by atoms with Gasteiger partial charge >= 0.3 is 5.97 Å². The lowest BCUT2D eigenvalue weighted by Gasteiger charge is -2.10. The van der Waals surface area contributed by atoms with Crippen LogP contribution in [0.25, 0.3) is 11.0 Å². The molecule has 0 spiro atoms. The molecule has 0 fully saturated rings. The summed E-state index contributed by atoms with van der Waals surface area (Å²) >= 11 is 0. The molecule has 0 atom stereocenters. The van der Waals surface area contributed by atoms with Crippen molar-refractivity contribution in [1.29, 1.82) is 0 Å². The van der Waals surface area contributed by atoms with Crippen LogP contribution in [0.2, 0.25) is 0 Å². The molecule has 0 radical (unpaired) electrons. The van der Waals surface area contributed by atoms with Gasteiger partial charge in [-0.3, -0.25) is 9.59 Å². The Balaban J connectivity index is 1.49. The van der Waals surface area contributed by atoms with E-state index in [0.717, 1.165) is 17.5 Å². The maximum absolute atomic E-state index is 12.8. The van der Waals surface area contributed by atoms with Crippen molar-refractivity contribution in [2.24, 2.45) is 0 Å². The van der Waals surface area contributed by atoms with Crippen LogP contribution in [0.4, 0.5) is 0 Å². The van der Waals surface area contributed by atoms with Crippen molar-refractivity contribution in [3.8, 4) is 17.2 Å². The van der Waals surface area contributed by atoms with Crippen molar-refractivity contribution in [3.63, 3.8) is 0 Å². The number of fused-ring (bicyclic) bond motifs is 1. The van der Waals surface area contributed by atoms with Gasteiger partial charge in [-0.1, -0.05) is 55.5 Å². The standard InChI is InChI=1S/C26H22O5/c1-2-19-10-6-7-11-22(19)31-24-17-29-23-16-20(13-14-21(23)26(24)28)30-25(27)15-12-18-8-4-3-5-9-18/h3-11,13-14,16-17H,2,12,15H2,1H3. The quantitative estimate of drug-likeness (QED) is 0.287. The summed E-state index contributed by atoms with van der Waals surface area (Å²) in [5, 5.41) is 0.357. The first-order valence-electron chi connectivity index (χ1n) is 10.2. The van der Waals surface area contributed by atoms with Gasteiger partial charge in [-0.25, -0.2) is 0 Å². The molecule has 0 aliphatic heterocycles. The molecule has 5 heteroatoms. The van der Waals surface area contributed by atoms with Crippen molar-refractivity contribution in [3.05, 3.63) is 100 Å². The number of carbonyl (C=O) groups is 1. The average molecular weight is 414 g/mol. The van der Waals surface area contributed by atoms with E-state index in [1.807, 2.05) is 61.5 Å². The Kier molecular flexibility index (Phi) is 6.13. The highest BCUT2D eigenvalue weighted by atomic mass is 16.5. The van der Waals surface area contributed by atoms with Crippen LogP contribution in [0.5, 0.6) is 17.2 Å². The predicted octanol–water partition coefficient (Wildman–Crippen LogP) is 5.69. The van der Waals surface area contributed by atoms with E-state index in [0.29, 0.717) is 28.9 Å². The van der Waals surface area contributed by atoms with Crippen LogP contribution < -0.4 is 14.9 Å². The molecule has 0 aliphatic carbocycles. The molecule has 0 amide bonds. The van der Waals surface area contributed by atoms with Crippen LogP contribution in [-0.4, -0.2) is 5.97 Å². The van der Waals surface area contributed by atoms with Gasteiger partial charge in [-0.15, -0.1) is 0 Å². The second kappa shape index (κ2) is 9.30. The highest BCUT2D eigenvalue weighted by Crippen LogP contribution is 2.26. The van der Waals surface area contributed by atoms with E-state index in [1.54, 1.807) is 18.2 Å². The fourth-order valence-corrected chi connectivity index (χ4v) is 3.31. The highest BCUT2D eigenvalue weighted by molar-refractivity contribution is 5.80. The van der Waals surface area contributed by atoms with Crippen LogP contribution in [0.15, 0.2) is 88.3 Å². The topological polar surface area (TPSA) is 65.7 Å². The van der Waals surface area contributed by atoms with Gasteiger partial charge in [0.15, 0.2) is 0 Å². The van der Waals surface area contributed by atoms with Crippen LogP contribution in [0.1, 0.15) is 24.5 Å². The number of hydrogen-bond acceptors (Lipinski definition) is 5. The summed E-state index contributed by atoms with van der Waals surface area (Å²) in [7, 11) is 0. The first-order valence-corrected chi connectivity index (χ1v) is 10.2. The molecule has 1 heterocycles. The van der Waals surface area contributed by atoms with Gasteiger partial charge in [0.1, 0.15) is 23.3 Å². The van der Waals surface area contributed by atoms with E-state index in [-0.39, 0.29) is 23.6 Å². The third kappa shape index (κ3) is 4.83. The Morgan fingerprint density at radius 3 is 2.52 bits per heavy atom. The number of carbonyl (C=O) groups excluding carboxylic acids is 1. The molecule has 4 rings (SSSR count). The molecule has 3 aromatic carbocycles. The molecule has 0 saturated heterocycles. The normalized spacial score (nSPS) is 10.7. The predicted molar refractivity (Wildman–Crippen MR) is 119 cm³/mol.